The topological polar surface area (TPSA) is 91.8 Å². The van der Waals surface area contributed by atoms with E-state index in [0.29, 0.717) is 6.42 Å². The van der Waals surface area contributed by atoms with Gasteiger partial charge in [-0.2, -0.15) is 0 Å². The second kappa shape index (κ2) is 5.71. The fraction of sp³-hybridized carbons (Fsp3) is 0.846. The second-order valence-corrected chi connectivity index (χ2v) is 8.14. The number of nitrogens with zero attached hydrogens (tertiary/aromatic N) is 1. The maximum absolute atomic E-state index is 12.3. The smallest absolute Gasteiger partial charge is 0.326 e. The average Bonchev–Trinajstić information content (AvgIpc) is 2.74. The van der Waals surface area contributed by atoms with Crippen molar-refractivity contribution in [1.82, 2.24) is 4.90 Å². The van der Waals surface area contributed by atoms with Gasteiger partial charge in [-0.1, -0.05) is 12.8 Å². The minimum Gasteiger partial charge on any atom is -0.480 e. The fourth-order valence-electron chi connectivity index (χ4n) is 3.44. The number of carbonyl (C=O) groups excluding carboxylic acids is 1. The van der Waals surface area contributed by atoms with Crippen molar-refractivity contribution in [2.75, 3.05) is 12.0 Å². The SMILES string of the molecule is CS(=O)(=O)CCC(=O)N1C(C(=O)O)CC2CCCCC21. The number of hydrogen-bond acceptors (Lipinski definition) is 4. The molecule has 2 rings (SSSR count). The van der Waals surface area contributed by atoms with Gasteiger partial charge in [0.05, 0.1) is 5.75 Å². The molecule has 0 aromatic heterocycles. The van der Waals surface area contributed by atoms with Crippen molar-refractivity contribution in [3.63, 3.8) is 0 Å². The van der Waals surface area contributed by atoms with Crippen LogP contribution >= 0.6 is 0 Å². The Balaban J connectivity index is 2.12. The van der Waals surface area contributed by atoms with Gasteiger partial charge in [0, 0.05) is 18.7 Å². The van der Waals surface area contributed by atoms with Crippen LogP contribution in [0.25, 0.3) is 0 Å². The lowest BCUT2D eigenvalue weighted by atomic mass is 9.84. The lowest BCUT2D eigenvalue weighted by Gasteiger charge is -2.33. The number of rotatable bonds is 4. The third kappa shape index (κ3) is 3.31. The highest BCUT2D eigenvalue weighted by Gasteiger charge is 2.47. The van der Waals surface area contributed by atoms with E-state index in [1.807, 2.05) is 0 Å². The second-order valence-electron chi connectivity index (χ2n) is 5.88. The van der Waals surface area contributed by atoms with E-state index < -0.39 is 21.8 Å². The molecule has 0 radical (unpaired) electrons. The van der Waals surface area contributed by atoms with E-state index in [-0.39, 0.29) is 30.0 Å². The molecule has 2 aliphatic rings. The number of carboxylic acid groups (broad SMARTS) is 1. The van der Waals surface area contributed by atoms with Gasteiger partial charge >= 0.3 is 5.97 Å². The van der Waals surface area contributed by atoms with Crippen molar-refractivity contribution in [1.29, 1.82) is 0 Å². The van der Waals surface area contributed by atoms with E-state index in [9.17, 15) is 23.1 Å². The van der Waals surface area contributed by atoms with Crippen molar-refractivity contribution in [2.24, 2.45) is 5.92 Å². The molecule has 0 spiro atoms. The predicted octanol–water partition coefficient (Wildman–Crippen LogP) is 0.665. The summed E-state index contributed by atoms with van der Waals surface area (Å²) in [6.45, 7) is 0. The molecular weight excluding hydrogens is 282 g/mol. The molecule has 0 aromatic rings. The van der Waals surface area contributed by atoms with E-state index >= 15 is 0 Å². The van der Waals surface area contributed by atoms with Crippen LogP contribution in [0.15, 0.2) is 0 Å². The van der Waals surface area contributed by atoms with E-state index in [2.05, 4.69) is 0 Å². The van der Waals surface area contributed by atoms with Crippen LogP contribution in [0.1, 0.15) is 38.5 Å². The molecule has 6 nitrogen and oxygen atoms in total. The molecule has 7 heteroatoms. The maximum atomic E-state index is 12.3. The summed E-state index contributed by atoms with van der Waals surface area (Å²) in [6, 6.07) is -0.799. The van der Waals surface area contributed by atoms with Crippen LogP contribution < -0.4 is 0 Å². The van der Waals surface area contributed by atoms with Crippen LogP contribution in [-0.4, -0.2) is 54.4 Å². The highest BCUT2D eigenvalue weighted by Crippen LogP contribution is 2.40. The molecule has 1 N–H and O–H groups in total. The Labute approximate surface area is 119 Å². The Morgan fingerprint density at radius 3 is 2.50 bits per heavy atom. The van der Waals surface area contributed by atoms with Crippen LogP contribution in [0, 0.1) is 5.92 Å². The van der Waals surface area contributed by atoms with Gasteiger partial charge in [-0.3, -0.25) is 4.79 Å². The molecule has 0 aromatic carbocycles. The first-order valence-corrected chi connectivity index (χ1v) is 9.07. The Bertz CT molecular complexity index is 501. The summed E-state index contributed by atoms with van der Waals surface area (Å²) in [7, 11) is -3.21. The van der Waals surface area contributed by atoms with E-state index in [1.165, 1.54) is 4.90 Å². The Hall–Kier alpha value is -1.11. The van der Waals surface area contributed by atoms with Crippen LogP contribution in [0.4, 0.5) is 0 Å². The Morgan fingerprint density at radius 1 is 1.25 bits per heavy atom. The highest BCUT2D eigenvalue weighted by molar-refractivity contribution is 7.90. The number of fused-ring (bicyclic) bond motifs is 1. The molecule has 3 atom stereocenters. The quantitative estimate of drug-likeness (QED) is 0.824. The van der Waals surface area contributed by atoms with E-state index in [1.54, 1.807) is 0 Å². The van der Waals surface area contributed by atoms with Gasteiger partial charge in [0.2, 0.25) is 5.91 Å². The zero-order valence-electron chi connectivity index (χ0n) is 11.6. The van der Waals surface area contributed by atoms with Crippen LogP contribution in [0.5, 0.6) is 0 Å². The molecule has 1 aliphatic heterocycles. The molecule has 1 heterocycles. The standard InChI is InChI=1S/C13H21NO5S/c1-20(18,19)7-6-12(15)14-10-5-3-2-4-9(10)8-11(14)13(16)17/h9-11H,2-8H2,1H3,(H,16,17). The molecule has 1 saturated heterocycles. The van der Waals surface area contributed by atoms with Crippen molar-refractivity contribution in [2.45, 2.75) is 50.6 Å². The Kier molecular flexibility index (Phi) is 4.36. The number of likely N-dealkylation sites (tertiary alicyclic amines) is 1. The largest absolute Gasteiger partial charge is 0.480 e. The summed E-state index contributed by atoms with van der Waals surface area (Å²) in [5.74, 6) is -1.28. The first-order valence-electron chi connectivity index (χ1n) is 7.01. The fourth-order valence-corrected chi connectivity index (χ4v) is 3.99. The van der Waals surface area contributed by atoms with Gasteiger partial charge < -0.3 is 10.0 Å². The minimum absolute atomic E-state index is 0.0167. The lowest BCUT2D eigenvalue weighted by Crippen LogP contribution is -2.46. The van der Waals surface area contributed by atoms with E-state index in [0.717, 1.165) is 31.9 Å². The number of carboxylic acids is 1. The van der Waals surface area contributed by atoms with Gasteiger partial charge in [-0.25, -0.2) is 13.2 Å². The number of carbonyl (C=O) groups is 2. The summed E-state index contributed by atoms with van der Waals surface area (Å²) in [6.07, 6.45) is 5.35. The summed E-state index contributed by atoms with van der Waals surface area (Å²) >= 11 is 0. The van der Waals surface area contributed by atoms with Crippen molar-refractivity contribution in [3.8, 4) is 0 Å². The monoisotopic (exact) mass is 303 g/mol. The predicted molar refractivity (Wildman–Crippen MR) is 73.0 cm³/mol. The van der Waals surface area contributed by atoms with Crippen LogP contribution in [-0.2, 0) is 19.4 Å². The Morgan fingerprint density at radius 2 is 1.90 bits per heavy atom. The van der Waals surface area contributed by atoms with E-state index in [4.69, 9.17) is 0 Å². The molecule has 3 unspecified atom stereocenters. The summed E-state index contributed by atoms with van der Waals surface area (Å²) in [5, 5.41) is 9.30. The van der Waals surface area contributed by atoms with Gasteiger partial charge in [-0.05, 0) is 25.2 Å². The molecule has 20 heavy (non-hydrogen) atoms. The maximum Gasteiger partial charge on any atom is 0.326 e. The molecule has 1 aliphatic carbocycles. The molecule has 114 valence electrons. The van der Waals surface area contributed by atoms with Gasteiger partial charge in [0.1, 0.15) is 15.9 Å². The number of hydrogen-bond donors (Lipinski definition) is 1. The number of aliphatic carboxylic acids is 1. The summed E-state index contributed by atoms with van der Waals surface area (Å²) in [5.41, 5.74) is 0. The molecule has 0 bridgehead atoms. The molecule has 1 amide bonds. The van der Waals surface area contributed by atoms with Gasteiger partial charge in [0.25, 0.3) is 0 Å². The highest BCUT2D eigenvalue weighted by atomic mass is 32.2. The van der Waals surface area contributed by atoms with Gasteiger partial charge in [-0.15, -0.1) is 0 Å². The zero-order valence-corrected chi connectivity index (χ0v) is 12.4. The molecule has 1 saturated carbocycles. The van der Waals surface area contributed by atoms with Crippen molar-refractivity contribution < 1.29 is 23.1 Å². The van der Waals surface area contributed by atoms with Crippen LogP contribution in [0.2, 0.25) is 0 Å². The summed E-state index contributed by atoms with van der Waals surface area (Å²) in [4.78, 5) is 25.1. The zero-order chi connectivity index (χ0) is 14.9. The van der Waals surface area contributed by atoms with Gasteiger partial charge in [0.15, 0.2) is 0 Å². The number of sulfone groups is 1. The average molecular weight is 303 g/mol. The minimum atomic E-state index is -3.21. The van der Waals surface area contributed by atoms with Crippen molar-refractivity contribution in [3.05, 3.63) is 0 Å². The first-order chi connectivity index (χ1) is 9.29. The van der Waals surface area contributed by atoms with Crippen LogP contribution in [0.3, 0.4) is 0 Å². The third-order valence-corrected chi connectivity index (χ3v) is 5.29. The number of amides is 1. The first kappa shape index (κ1) is 15.3. The molecule has 2 fully saturated rings. The summed E-state index contributed by atoms with van der Waals surface area (Å²) < 4.78 is 22.3. The van der Waals surface area contributed by atoms with Crippen molar-refractivity contribution >= 4 is 21.7 Å². The third-order valence-electron chi connectivity index (χ3n) is 4.35. The normalized spacial score (nSPS) is 30.1. The molecular formula is C13H21NO5S. The lowest BCUT2D eigenvalue weighted by molar-refractivity contribution is -0.149.